The predicted octanol–water partition coefficient (Wildman–Crippen LogP) is 5.28. The second kappa shape index (κ2) is 6.62. The predicted molar refractivity (Wildman–Crippen MR) is 80.4 cm³/mol. The number of halogens is 4. The van der Waals surface area contributed by atoms with Gasteiger partial charge in [-0.25, -0.2) is 13.2 Å². The summed E-state index contributed by atoms with van der Waals surface area (Å²) < 4.78 is 40.6. The molecule has 1 N–H and O–H groups in total. The largest absolute Gasteiger partial charge is 0.304 e. The third-order valence-electron chi connectivity index (χ3n) is 3.37. The molecule has 5 heteroatoms. The van der Waals surface area contributed by atoms with Gasteiger partial charge in [-0.05, 0) is 65.7 Å². The first kappa shape index (κ1) is 16.0. The van der Waals surface area contributed by atoms with Crippen LogP contribution >= 0.6 is 15.9 Å². The fourth-order valence-corrected chi connectivity index (χ4v) is 2.59. The van der Waals surface area contributed by atoms with Crippen molar-refractivity contribution in [1.29, 1.82) is 0 Å². The lowest BCUT2D eigenvalue weighted by Gasteiger charge is -2.21. The van der Waals surface area contributed by atoms with Gasteiger partial charge in [-0.15, -0.1) is 0 Å². The second-order valence-electron chi connectivity index (χ2n) is 4.95. The van der Waals surface area contributed by atoms with Crippen molar-refractivity contribution in [3.63, 3.8) is 0 Å². The monoisotopic (exact) mass is 357 g/mol. The van der Waals surface area contributed by atoms with Crippen molar-refractivity contribution in [2.45, 2.75) is 25.9 Å². The Morgan fingerprint density at radius 2 is 1.57 bits per heavy atom. The number of rotatable bonds is 4. The molecule has 2 unspecified atom stereocenters. The highest BCUT2D eigenvalue weighted by Crippen LogP contribution is 2.25. The molecule has 2 aromatic carbocycles. The molecule has 0 aliphatic heterocycles. The van der Waals surface area contributed by atoms with Crippen molar-refractivity contribution in [1.82, 2.24) is 5.32 Å². The van der Waals surface area contributed by atoms with Gasteiger partial charge in [-0.3, -0.25) is 0 Å². The molecule has 1 nitrogen and oxygen atoms in total. The summed E-state index contributed by atoms with van der Waals surface area (Å²) in [4.78, 5) is 0. The Balaban J connectivity index is 2.16. The first-order chi connectivity index (χ1) is 9.88. The number of hydrogen-bond acceptors (Lipinski definition) is 1. The Morgan fingerprint density at radius 1 is 0.905 bits per heavy atom. The highest BCUT2D eigenvalue weighted by molar-refractivity contribution is 9.10. The summed E-state index contributed by atoms with van der Waals surface area (Å²) in [6.45, 7) is 3.64. The lowest BCUT2D eigenvalue weighted by atomic mass is 10.0. The van der Waals surface area contributed by atoms with Crippen LogP contribution < -0.4 is 5.32 Å². The van der Waals surface area contributed by atoms with Crippen LogP contribution in [0.25, 0.3) is 0 Å². The Hall–Kier alpha value is -1.33. The zero-order valence-electron chi connectivity index (χ0n) is 11.6. The summed E-state index contributed by atoms with van der Waals surface area (Å²) in [5.74, 6) is -1.27. The van der Waals surface area contributed by atoms with E-state index in [1.165, 1.54) is 12.1 Å². The molecule has 2 rings (SSSR count). The van der Waals surface area contributed by atoms with E-state index in [-0.39, 0.29) is 23.5 Å². The zero-order chi connectivity index (χ0) is 15.6. The molecular formula is C16H15BrF3N. The maximum absolute atomic E-state index is 13.7. The van der Waals surface area contributed by atoms with Crippen molar-refractivity contribution < 1.29 is 13.2 Å². The SMILES string of the molecule is CC(NC(C)c1cc(F)ccc1F)c1ccc(F)c(Br)c1. The summed E-state index contributed by atoms with van der Waals surface area (Å²) in [6.07, 6.45) is 0. The van der Waals surface area contributed by atoms with E-state index in [2.05, 4.69) is 21.2 Å². The van der Waals surface area contributed by atoms with Gasteiger partial charge in [0.2, 0.25) is 0 Å². The normalized spacial score (nSPS) is 14.0. The van der Waals surface area contributed by atoms with Crippen LogP contribution in [0.1, 0.15) is 37.1 Å². The van der Waals surface area contributed by atoms with Crippen molar-refractivity contribution in [3.05, 3.63) is 69.4 Å². The van der Waals surface area contributed by atoms with E-state index in [1.54, 1.807) is 19.1 Å². The van der Waals surface area contributed by atoms with Crippen molar-refractivity contribution >= 4 is 15.9 Å². The lowest BCUT2D eigenvalue weighted by molar-refractivity contribution is 0.469. The fraction of sp³-hybridized carbons (Fsp3) is 0.250. The van der Waals surface area contributed by atoms with Crippen LogP contribution in [-0.4, -0.2) is 0 Å². The first-order valence-electron chi connectivity index (χ1n) is 6.54. The van der Waals surface area contributed by atoms with Gasteiger partial charge in [0.15, 0.2) is 0 Å². The Bertz CT molecular complexity index is 645. The first-order valence-corrected chi connectivity index (χ1v) is 7.33. The molecule has 0 spiro atoms. The molecule has 0 bridgehead atoms. The molecule has 21 heavy (non-hydrogen) atoms. The van der Waals surface area contributed by atoms with Crippen molar-refractivity contribution in [2.24, 2.45) is 0 Å². The molecule has 0 saturated heterocycles. The van der Waals surface area contributed by atoms with E-state index in [9.17, 15) is 13.2 Å². The van der Waals surface area contributed by atoms with Crippen LogP contribution in [0.2, 0.25) is 0 Å². The van der Waals surface area contributed by atoms with Gasteiger partial charge < -0.3 is 5.32 Å². The zero-order valence-corrected chi connectivity index (χ0v) is 13.2. The van der Waals surface area contributed by atoms with E-state index >= 15 is 0 Å². The van der Waals surface area contributed by atoms with E-state index < -0.39 is 11.6 Å². The van der Waals surface area contributed by atoms with Gasteiger partial charge in [-0.1, -0.05) is 6.07 Å². The summed E-state index contributed by atoms with van der Waals surface area (Å²) in [5.41, 5.74) is 1.12. The van der Waals surface area contributed by atoms with E-state index in [4.69, 9.17) is 0 Å². The summed E-state index contributed by atoms with van der Waals surface area (Å²) in [7, 11) is 0. The molecule has 0 aromatic heterocycles. The Kier molecular flexibility index (Phi) is 5.06. The van der Waals surface area contributed by atoms with Crippen LogP contribution in [0.5, 0.6) is 0 Å². The lowest BCUT2D eigenvalue weighted by Crippen LogP contribution is -2.23. The second-order valence-corrected chi connectivity index (χ2v) is 5.80. The molecule has 2 aromatic rings. The molecule has 0 radical (unpaired) electrons. The fourth-order valence-electron chi connectivity index (χ4n) is 2.19. The molecule has 0 aliphatic carbocycles. The molecule has 0 amide bonds. The standard InChI is InChI=1S/C16H15BrF3N/c1-9(11-3-5-16(20)14(17)7-11)21-10(2)13-8-12(18)4-6-15(13)19/h3-10,21H,1-2H3. The summed E-state index contributed by atoms with van der Waals surface area (Å²) >= 11 is 3.13. The highest BCUT2D eigenvalue weighted by atomic mass is 79.9. The van der Waals surface area contributed by atoms with Crippen LogP contribution in [0, 0.1) is 17.5 Å². The molecule has 2 atom stereocenters. The third kappa shape index (κ3) is 3.86. The number of benzene rings is 2. The summed E-state index contributed by atoms with van der Waals surface area (Å²) in [6, 6.07) is 7.56. The van der Waals surface area contributed by atoms with Crippen LogP contribution in [0.4, 0.5) is 13.2 Å². The minimum atomic E-state index is -0.475. The molecule has 0 aliphatic rings. The summed E-state index contributed by atoms with van der Waals surface area (Å²) in [5, 5.41) is 3.18. The van der Waals surface area contributed by atoms with Gasteiger partial charge in [0, 0.05) is 17.6 Å². The smallest absolute Gasteiger partial charge is 0.137 e. The van der Waals surface area contributed by atoms with Crippen LogP contribution in [0.15, 0.2) is 40.9 Å². The Morgan fingerprint density at radius 3 is 2.24 bits per heavy atom. The maximum atomic E-state index is 13.7. The minimum absolute atomic E-state index is 0.139. The van der Waals surface area contributed by atoms with Crippen molar-refractivity contribution in [2.75, 3.05) is 0 Å². The van der Waals surface area contributed by atoms with E-state index in [0.717, 1.165) is 17.7 Å². The highest BCUT2D eigenvalue weighted by Gasteiger charge is 2.16. The Labute approximate surface area is 130 Å². The van der Waals surface area contributed by atoms with Crippen LogP contribution in [-0.2, 0) is 0 Å². The number of hydrogen-bond donors (Lipinski definition) is 1. The molecular weight excluding hydrogens is 343 g/mol. The molecule has 0 saturated carbocycles. The van der Waals surface area contributed by atoms with Crippen LogP contribution in [0.3, 0.4) is 0 Å². The maximum Gasteiger partial charge on any atom is 0.137 e. The van der Waals surface area contributed by atoms with Crippen molar-refractivity contribution in [3.8, 4) is 0 Å². The van der Waals surface area contributed by atoms with Gasteiger partial charge in [0.1, 0.15) is 17.5 Å². The molecule has 0 heterocycles. The van der Waals surface area contributed by atoms with Gasteiger partial charge in [-0.2, -0.15) is 0 Å². The average molecular weight is 358 g/mol. The molecule has 0 fully saturated rings. The minimum Gasteiger partial charge on any atom is -0.304 e. The van der Waals surface area contributed by atoms with Gasteiger partial charge >= 0.3 is 0 Å². The average Bonchev–Trinajstić information content (AvgIpc) is 2.44. The van der Waals surface area contributed by atoms with Gasteiger partial charge in [0.05, 0.1) is 4.47 Å². The third-order valence-corrected chi connectivity index (χ3v) is 3.98. The van der Waals surface area contributed by atoms with E-state index in [1.807, 2.05) is 6.92 Å². The quantitative estimate of drug-likeness (QED) is 0.784. The van der Waals surface area contributed by atoms with Gasteiger partial charge in [0.25, 0.3) is 0 Å². The molecule has 112 valence electrons. The number of nitrogens with one attached hydrogen (secondary N) is 1. The van der Waals surface area contributed by atoms with E-state index in [0.29, 0.717) is 4.47 Å². The topological polar surface area (TPSA) is 12.0 Å².